The van der Waals surface area contributed by atoms with Crippen LogP contribution < -0.4 is 15.5 Å². The third-order valence-electron chi connectivity index (χ3n) is 4.56. The first kappa shape index (κ1) is 20.5. The van der Waals surface area contributed by atoms with Gasteiger partial charge in [0.1, 0.15) is 0 Å². The lowest BCUT2D eigenvalue weighted by molar-refractivity contribution is -0.129. The van der Waals surface area contributed by atoms with Crippen LogP contribution in [0.15, 0.2) is 48.5 Å². The lowest BCUT2D eigenvalue weighted by atomic mass is 10.2. The Bertz CT molecular complexity index is 897. The van der Waals surface area contributed by atoms with E-state index in [2.05, 4.69) is 38.1 Å². The number of hydrogen-bond donors (Lipinski definition) is 2. The SMILES string of the molecule is CC(=O)N1CCN(c2ccccc2NC(=S)NC(=O)c2ccccc2I)CC1. The molecule has 2 aromatic rings. The minimum absolute atomic E-state index is 0.102. The number of anilines is 2. The summed E-state index contributed by atoms with van der Waals surface area (Å²) in [6.07, 6.45) is 0. The third kappa shape index (κ3) is 4.99. The molecular weight excluding hydrogens is 487 g/mol. The van der Waals surface area contributed by atoms with E-state index in [1.165, 1.54) is 0 Å². The zero-order valence-electron chi connectivity index (χ0n) is 15.4. The summed E-state index contributed by atoms with van der Waals surface area (Å²) in [5.74, 6) is -0.138. The average molecular weight is 508 g/mol. The number of carbonyl (C=O) groups excluding carboxylic acids is 2. The third-order valence-corrected chi connectivity index (χ3v) is 5.71. The van der Waals surface area contributed by atoms with Gasteiger partial charge in [-0.25, -0.2) is 0 Å². The Hall–Kier alpha value is -2.20. The van der Waals surface area contributed by atoms with Gasteiger partial charge in [0.2, 0.25) is 5.91 Å². The molecule has 0 unspecified atom stereocenters. The van der Waals surface area contributed by atoms with Crippen LogP contribution in [0.2, 0.25) is 0 Å². The van der Waals surface area contributed by atoms with Gasteiger partial charge in [0.25, 0.3) is 5.91 Å². The van der Waals surface area contributed by atoms with Crippen LogP contribution in [0.3, 0.4) is 0 Å². The van der Waals surface area contributed by atoms with E-state index in [1.54, 1.807) is 13.0 Å². The van der Waals surface area contributed by atoms with Gasteiger partial charge in [-0.3, -0.25) is 14.9 Å². The number of nitrogens with one attached hydrogen (secondary N) is 2. The molecule has 0 atom stereocenters. The number of amides is 2. The fourth-order valence-electron chi connectivity index (χ4n) is 3.09. The van der Waals surface area contributed by atoms with Crippen molar-refractivity contribution in [1.29, 1.82) is 0 Å². The molecule has 0 aliphatic carbocycles. The summed E-state index contributed by atoms with van der Waals surface area (Å²) >= 11 is 7.48. The molecule has 1 aliphatic heterocycles. The molecule has 3 rings (SSSR count). The molecule has 0 saturated carbocycles. The van der Waals surface area contributed by atoms with Crippen molar-refractivity contribution < 1.29 is 9.59 Å². The first-order valence-corrected chi connectivity index (χ1v) is 10.4. The van der Waals surface area contributed by atoms with E-state index in [4.69, 9.17) is 12.2 Å². The van der Waals surface area contributed by atoms with Crippen LogP contribution in [0, 0.1) is 3.57 Å². The fraction of sp³-hybridized carbons (Fsp3) is 0.250. The van der Waals surface area contributed by atoms with E-state index < -0.39 is 0 Å². The number of hydrogen-bond acceptors (Lipinski definition) is 4. The number of halogens is 1. The highest BCUT2D eigenvalue weighted by Gasteiger charge is 2.21. The van der Waals surface area contributed by atoms with Gasteiger partial charge in [-0.05, 0) is 59.1 Å². The Labute approximate surface area is 183 Å². The highest BCUT2D eigenvalue weighted by molar-refractivity contribution is 14.1. The number of carbonyl (C=O) groups is 2. The Morgan fingerprint density at radius 3 is 2.32 bits per heavy atom. The highest BCUT2D eigenvalue weighted by atomic mass is 127. The summed E-state index contributed by atoms with van der Waals surface area (Å²) in [4.78, 5) is 28.1. The highest BCUT2D eigenvalue weighted by Crippen LogP contribution is 2.26. The molecule has 146 valence electrons. The second-order valence-electron chi connectivity index (χ2n) is 6.40. The van der Waals surface area contributed by atoms with Crippen molar-refractivity contribution in [3.8, 4) is 0 Å². The Morgan fingerprint density at radius 1 is 1.00 bits per heavy atom. The van der Waals surface area contributed by atoms with E-state index >= 15 is 0 Å². The Morgan fingerprint density at radius 2 is 1.64 bits per heavy atom. The molecule has 8 heteroatoms. The van der Waals surface area contributed by atoms with Crippen LogP contribution >= 0.6 is 34.8 Å². The maximum atomic E-state index is 12.5. The standard InChI is InChI=1S/C20H21IN4O2S/c1-14(26)24-10-12-25(13-11-24)18-9-5-4-8-17(18)22-20(28)23-19(27)15-6-2-3-7-16(15)21/h2-9H,10-13H2,1H3,(H2,22,23,27,28). The lowest BCUT2D eigenvalue weighted by Crippen LogP contribution is -2.48. The number of para-hydroxylation sites is 2. The molecule has 2 aromatic carbocycles. The van der Waals surface area contributed by atoms with E-state index in [0.717, 1.165) is 28.0 Å². The van der Waals surface area contributed by atoms with Crippen molar-refractivity contribution in [3.63, 3.8) is 0 Å². The van der Waals surface area contributed by atoms with Crippen molar-refractivity contribution in [1.82, 2.24) is 10.2 Å². The smallest absolute Gasteiger partial charge is 0.258 e. The molecule has 1 saturated heterocycles. The topological polar surface area (TPSA) is 64.7 Å². The van der Waals surface area contributed by atoms with Crippen molar-refractivity contribution in [3.05, 3.63) is 57.7 Å². The van der Waals surface area contributed by atoms with E-state index in [-0.39, 0.29) is 16.9 Å². The minimum Gasteiger partial charge on any atom is -0.366 e. The van der Waals surface area contributed by atoms with Gasteiger partial charge in [-0.15, -0.1) is 0 Å². The van der Waals surface area contributed by atoms with Crippen LogP contribution in [-0.4, -0.2) is 48.0 Å². The molecule has 1 aliphatic rings. The Balaban J connectivity index is 1.66. The lowest BCUT2D eigenvalue weighted by Gasteiger charge is -2.36. The molecule has 2 amide bonds. The first-order chi connectivity index (χ1) is 13.5. The molecule has 28 heavy (non-hydrogen) atoms. The number of piperazine rings is 1. The molecule has 0 aromatic heterocycles. The quantitative estimate of drug-likeness (QED) is 0.493. The fourth-order valence-corrected chi connectivity index (χ4v) is 3.92. The van der Waals surface area contributed by atoms with Gasteiger partial charge in [-0.2, -0.15) is 0 Å². The van der Waals surface area contributed by atoms with Crippen molar-refractivity contribution in [2.45, 2.75) is 6.92 Å². The van der Waals surface area contributed by atoms with Crippen LogP contribution in [0.5, 0.6) is 0 Å². The number of benzene rings is 2. The van der Waals surface area contributed by atoms with Crippen LogP contribution in [0.4, 0.5) is 11.4 Å². The van der Waals surface area contributed by atoms with Gasteiger partial charge < -0.3 is 15.1 Å². The summed E-state index contributed by atoms with van der Waals surface area (Å²) in [6, 6.07) is 15.2. The maximum Gasteiger partial charge on any atom is 0.258 e. The van der Waals surface area contributed by atoms with Crippen LogP contribution in [-0.2, 0) is 4.79 Å². The van der Waals surface area contributed by atoms with E-state index in [1.807, 2.05) is 47.4 Å². The second-order valence-corrected chi connectivity index (χ2v) is 7.97. The zero-order chi connectivity index (χ0) is 20.1. The van der Waals surface area contributed by atoms with Crippen molar-refractivity contribution in [2.24, 2.45) is 0 Å². The van der Waals surface area contributed by atoms with Crippen LogP contribution in [0.25, 0.3) is 0 Å². The summed E-state index contributed by atoms with van der Waals surface area (Å²) < 4.78 is 0.865. The summed E-state index contributed by atoms with van der Waals surface area (Å²) in [5, 5.41) is 6.13. The number of nitrogens with zero attached hydrogens (tertiary/aromatic N) is 2. The Kier molecular flexibility index (Phi) is 6.84. The molecule has 2 N–H and O–H groups in total. The largest absolute Gasteiger partial charge is 0.366 e. The number of thiocarbonyl (C=S) groups is 1. The molecular formula is C20H21IN4O2S. The average Bonchev–Trinajstić information content (AvgIpc) is 2.68. The zero-order valence-corrected chi connectivity index (χ0v) is 18.4. The molecule has 0 spiro atoms. The summed E-state index contributed by atoms with van der Waals surface area (Å²) in [7, 11) is 0. The minimum atomic E-state index is -0.241. The second kappa shape index (κ2) is 9.33. The van der Waals surface area contributed by atoms with Gasteiger partial charge in [0, 0.05) is 36.7 Å². The summed E-state index contributed by atoms with van der Waals surface area (Å²) in [5.41, 5.74) is 2.41. The predicted octanol–water partition coefficient (Wildman–Crippen LogP) is 3.09. The number of rotatable bonds is 3. The first-order valence-electron chi connectivity index (χ1n) is 8.92. The van der Waals surface area contributed by atoms with E-state index in [0.29, 0.717) is 18.7 Å². The van der Waals surface area contributed by atoms with Gasteiger partial charge in [0.15, 0.2) is 5.11 Å². The summed E-state index contributed by atoms with van der Waals surface area (Å²) in [6.45, 7) is 4.48. The van der Waals surface area contributed by atoms with E-state index in [9.17, 15) is 9.59 Å². The molecule has 1 fully saturated rings. The molecule has 1 heterocycles. The van der Waals surface area contributed by atoms with Gasteiger partial charge >= 0.3 is 0 Å². The molecule has 6 nitrogen and oxygen atoms in total. The monoisotopic (exact) mass is 508 g/mol. The van der Waals surface area contributed by atoms with Crippen LogP contribution in [0.1, 0.15) is 17.3 Å². The molecule has 0 radical (unpaired) electrons. The van der Waals surface area contributed by atoms with Gasteiger partial charge in [-0.1, -0.05) is 24.3 Å². The van der Waals surface area contributed by atoms with Gasteiger partial charge in [0.05, 0.1) is 16.9 Å². The van der Waals surface area contributed by atoms with Crippen molar-refractivity contribution in [2.75, 3.05) is 36.4 Å². The normalized spacial score (nSPS) is 13.8. The predicted molar refractivity (Wildman–Crippen MR) is 124 cm³/mol. The maximum absolute atomic E-state index is 12.5. The molecule has 0 bridgehead atoms. The van der Waals surface area contributed by atoms with Crippen molar-refractivity contribution >= 4 is 63.1 Å².